The van der Waals surface area contributed by atoms with Crippen molar-refractivity contribution in [3.63, 3.8) is 0 Å². The summed E-state index contributed by atoms with van der Waals surface area (Å²) in [7, 11) is 0. The molecule has 106 valence electrons. The third kappa shape index (κ3) is 3.43. The van der Waals surface area contributed by atoms with Gasteiger partial charge in [0, 0.05) is 18.3 Å². The Labute approximate surface area is 126 Å². The van der Waals surface area contributed by atoms with Crippen molar-refractivity contribution in [1.82, 2.24) is 9.78 Å². The predicted molar refractivity (Wildman–Crippen MR) is 81.7 cm³/mol. The van der Waals surface area contributed by atoms with E-state index in [0.717, 1.165) is 0 Å². The molecule has 2 amide bonds. The van der Waals surface area contributed by atoms with Crippen molar-refractivity contribution in [3.05, 3.63) is 40.5 Å². The van der Waals surface area contributed by atoms with Crippen LogP contribution in [-0.2, 0) is 0 Å². The van der Waals surface area contributed by atoms with Crippen LogP contribution in [0.3, 0.4) is 0 Å². The van der Waals surface area contributed by atoms with E-state index in [1.807, 2.05) is 13.8 Å². The summed E-state index contributed by atoms with van der Waals surface area (Å²) in [6.45, 7) is 4.01. The minimum atomic E-state index is -0.428. The molecule has 0 bridgehead atoms. The lowest BCUT2D eigenvalue weighted by Crippen LogP contribution is -2.20. The van der Waals surface area contributed by atoms with Crippen LogP contribution in [0.15, 0.2) is 30.5 Å². The van der Waals surface area contributed by atoms with Gasteiger partial charge >= 0.3 is 6.03 Å². The molecule has 0 aliphatic rings. The molecule has 2 rings (SSSR count). The molecular weight excluding hydrogens is 299 g/mol. The Balaban J connectivity index is 2.03. The van der Waals surface area contributed by atoms with Gasteiger partial charge in [-0.3, -0.25) is 10.00 Å². The van der Waals surface area contributed by atoms with Crippen LogP contribution in [0.25, 0.3) is 0 Å². The topological polar surface area (TPSA) is 59.0 Å². The van der Waals surface area contributed by atoms with Crippen molar-refractivity contribution in [2.24, 2.45) is 0 Å². The summed E-state index contributed by atoms with van der Waals surface area (Å²) in [5.74, 6) is 0.467. The van der Waals surface area contributed by atoms with E-state index in [4.69, 9.17) is 23.2 Å². The van der Waals surface area contributed by atoms with Crippen LogP contribution >= 0.6 is 23.2 Å². The van der Waals surface area contributed by atoms with Crippen LogP contribution < -0.4 is 10.6 Å². The number of halogens is 2. The molecule has 0 aliphatic carbocycles. The van der Waals surface area contributed by atoms with Crippen molar-refractivity contribution in [3.8, 4) is 0 Å². The number of nitrogens with one attached hydrogen (secondary N) is 2. The van der Waals surface area contributed by atoms with E-state index in [1.54, 1.807) is 35.1 Å². The maximum absolute atomic E-state index is 11.9. The van der Waals surface area contributed by atoms with E-state index < -0.39 is 6.03 Å². The van der Waals surface area contributed by atoms with Gasteiger partial charge in [0.25, 0.3) is 0 Å². The standard InChI is InChI=1S/C13H14Cl2N4O/c1-8(2)19-7-6-11(18-19)17-13(20)16-10-5-3-4-9(14)12(10)15/h3-8H,1-2H3,(H2,16,17,18,20). The van der Waals surface area contributed by atoms with Gasteiger partial charge in [0.05, 0.1) is 15.7 Å². The molecule has 1 heterocycles. The Morgan fingerprint density at radius 1 is 1.25 bits per heavy atom. The highest BCUT2D eigenvalue weighted by Gasteiger charge is 2.10. The first-order chi connectivity index (χ1) is 9.47. The molecule has 5 nitrogen and oxygen atoms in total. The van der Waals surface area contributed by atoms with Crippen LogP contribution in [0.2, 0.25) is 10.0 Å². The molecule has 20 heavy (non-hydrogen) atoms. The van der Waals surface area contributed by atoms with E-state index in [2.05, 4.69) is 15.7 Å². The van der Waals surface area contributed by atoms with Gasteiger partial charge in [0.15, 0.2) is 5.82 Å². The van der Waals surface area contributed by atoms with Gasteiger partial charge in [-0.25, -0.2) is 4.79 Å². The predicted octanol–water partition coefficient (Wildman–Crippen LogP) is 4.41. The zero-order valence-electron chi connectivity index (χ0n) is 11.0. The maximum Gasteiger partial charge on any atom is 0.324 e. The number of rotatable bonds is 3. The smallest absolute Gasteiger partial charge is 0.306 e. The van der Waals surface area contributed by atoms with E-state index >= 15 is 0 Å². The fourth-order valence-electron chi connectivity index (χ4n) is 1.56. The number of hydrogen-bond donors (Lipinski definition) is 2. The lowest BCUT2D eigenvalue weighted by Gasteiger charge is -2.08. The average molecular weight is 313 g/mol. The zero-order valence-corrected chi connectivity index (χ0v) is 12.5. The first-order valence-electron chi connectivity index (χ1n) is 6.04. The highest BCUT2D eigenvalue weighted by Crippen LogP contribution is 2.29. The summed E-state index contributed by atoms with van der Waals surface area (Å²) in [6, 6.07) is 6.55. The molecule has 0 spiro atoms. The highest BCUT2D eigenvalue weighted by molar-refractivity contribution is 6.44. The quantitative estimate of drug-likeness (QED) is 0.881. The van der Waals surface area contributed by atoms with Crippen molar-refractivity contribution < 1.29 is 4.79 Å². The molecule has 7 heteroatoms. The van der Waals surface area contributed by atoms with Crippen LogP contribution in [-0.4, -0.2) is 15.8 Å². The van der Waals surface area contributed by atoms with Crippen LogP contribution in [0.5, 0.6) is 0 Å². The van der Waals surface area contributed by atoms with Crippen LogP contribution in [0, 0.1) is 0 Å². The maximum atomic E-state index is 11.9. The Morgan fingerprint density at radius 3 is 2.65 bits per heavy atom. The minimum Gasteiger partial charge on any atom is -0.306 e. The van der Waals surface area contributed by atoms with E-state index in [9.17, 15) is 4.79 Å². The number of urea groups is 1. The van der Waals surface area contributed by atoms with E-state index in [-0.39, 0.29) is 6.04 Å². The molecule has 0 unspecified atom stereocenters. The summed E-state index contributed by atoms with van der Waals surface area (Å²) in [5.41, 5.74) is 0.444. The Kier molecular flexibility index (Phi) is 4.52. The summed E-state index contributed by atoms with van der Waals surface area (Å²) in [6.07, 6.45) is 1.80. The number of hydrogen-bond acceptors (Lipinski definition) is 2. The number of amides is 2. The van der Waals surface area contributed by atoms with Gasteiger partial charge in [0.1, 0.15) is 0 Å². The first-order valence-corrected chi connectivity index (χ1v) is 6.80. The average Bonchev–Trinajstić information content (AvgIpc) is 2.83. The highest BCUT2D eigenvalue weighted by atomic mass is 35.5. The molecule has 0 aliphatic heterocycles. The summed E-state index contributed by atoms with van der Waals surface area (Å²) >= 11 is 11.9. The largest absolute Gasteiger partial charge is 0.324 e. The molecule has 2 aromatic rings. The lowest BCUT2D eigenvalue weighted by molar-refractivity contribution is 0.262. The molecule has 0 fully saturated rings. The second kappa shape index (κ2) is 6.15. The number of carbonyl (C=O) groups excluding carboxylic acids is 1. The molecule has 1 aromatic heterocycles. The van der Waals surface area contributed by atoms with Gasteiger partial charge in [-0.1, -0.05) is 29.3 Å². The molecule has 1 aromatic carbocycles. The van der Waals surface area contributed by atoms with Crippen LogP contribution in [0.1, 0.15) is 19.9 Å². The fraction of sp³-hybridized carbons (Fsp3) is 0.231. The molecule has 0 saturated carbocycles. The lowest BCUT2D eigenvalue weighted by atomic mass is 10.3. The van der Waals surface area contributed by atoms with Crippen molar-refractivity contribution in [2.45, 2.75) is 19.9 Å². The summed E-state index contributed by atoms with van der Waals surface area (Å²) in [5, 5.41) is 10.2. The normalized spacial score (nSPS) is 10.7. The minimum absolute atomic E-state index is 0.232. The first kappa shape index (κ1) is 14.7. The molecule has 0 radical (unpaired) electrons. The second-order valence-electron chi connectivity index (χ2n) is 4.46. The SMILES string of the molecule is CC(C)n1ccc(NC(=O)Nc2cccc(Cl)c2Cl)n1. The third-order valence-corrected chi connectivity index (χ3v) is 3.40. The van der Waals surface area contributed by atoms with Crippen molar-refractivity contribution in [2.75, 3.05) is 10.6 Å². The molecule has 2 N–H and O–H groups in total. The van der Waals surface area contributed by atoms with E-state index in [0.29, 0.717) is 21.6 Å². The molecular formula is C13H14Cl2N4O. The Hall–Kier alpha value is -1.72. The molecule has 0 saturated heterocycles. The second-order valence-corrected chi connectivity index (χ2v) is 5.24. The third-order valence-electron chi connectivity index (χ3n) is 2.58. The van der Waals surface area contributed by atoms with Crippen molar-refractivity contribution >= 4 is 40.7 Å². The monoisotopic (exact) mass is 312 g/mol. The van der Waals surface area contributed by atoms with Gasteiger partial charge in [-0.05, 0) is 26.0 Å². The number of anilines is 2. The van der Waals surface area contributed by atoms with Gasteiger partial charge in [-0.15, -0.1) is 0 Å². The number of aromatic nitrogens is 2. The van der Waals surface area contributed by atoms with Gasteiger partial charge in [0.2, 0.25) is 0 Å². The van der Waals surface area contributed by atoms with Crippen LogP contribution in [0.4, 0.5) is 16.3 Å². The fourth-order valence-corrected chi connectivity index (χ4v) is 1.91. The number of benzene rings is 1. The summed E-state index contributed by atoms with van der Waals surface area (Å²) in [4.78, 5) is 11.9. The number of nitrogens with zero attached hydrogens (tertiary/aromatic N) is 2. The molecule has 0 atom stereocenters. The van der Waals surface area contributed by atoms with Gasteiger partial charge < -0.3 is 5.32 Å². The van der Waals surface area contributed by atoms with Crippen molar-refractivity contribution in [1.29, 1.82) is 0 Å². The number of carbonyl (C=O) groups is 1. The summed E-state index contributed by atoms with van der Waals surface area (Å²) < 4.78 is 1.75. The zero-order chi connectivity index (χ0) is 14.7. The van der Waals surface area contributed by atoms with Gasteiger partial charge in [-0.2, -0.15) is 5.10 Å². The Bertz CT molecular complexity index is 625. The van der Waals surface area contributed by atoms with E-state index in [1.165, 1.54) is 0 Å². The Morgan fingerprint density at radius 2 is 2.00 bits per heavy atom.